The van der Waals surface area contributed by atoms with Crippen LogP contribution in [0.3, 0.4) is 0 Å². The zero-order valence-corrected chi connectivity index (χ0v) is 14.9. The van der Waals surface area contributed by atoms with E-state index in [9.17, 15) is 0 Å². The normalized spacial score (nSPS) is 7.41. The van der Waals surface area contributed by atoms with Gasteiger partial charge in [0.2, 0.25) is 0 Å². The van der Waals surface area contributed by atoms with Crippen LogP contribution >= 0.6 is 12.4 Å². The van der Waals surface area contributed by atoms with Gasteiger partial charge in [0.05, 0.1) is 0 Å². The van der Waals surface area contributed by atoms with Gasteiger partial charge >= 0.3 is 21.7 Å². The standard InChI is InChI=1S/3C4H10N.ClH.Ti/c3*1-3-5-4-2;;/h3*3-4H2,1-2H3;1H;/q3*-1;;+3. The van der Waals surface area contributed by atoms with Crippen molar-refractivity contribution < 1.29 is 21.7 Å². The molecule has 3 nitrogen and oxygen atoms in total. The van der Waals surface area contributed by atoms with Crippen LogP contribution in [0.2, 0.25) is 0 Å². The van der Waals surface area contributed by atoms with E-state index in [1.807, 2.05) is 41.5 Å². The number of hydrogen-bond acceptors (Lipinski definition) is 0. The van der Waals surface area contributed by atoms with Gasteiger partial charge in [0.1, 0.15) is 0 Å². The van der Waals surface area contributed by atoms with Crippen molar-refractivity contribution in [2.75, 3.05) is 39.3 Å². The Bertz CT molecular complexity index is 58.5. The predicted octanol–water partition coefficient (Wildman–Crippen LogP) is 4.62. The van der Waals surface area contributed by atoms with E-state index < -0.39 is 0 Å². The third kappa shape index (κ3) is 78.9. The van der Waals surface area contributed by atoms with Crippen LogP contribution in [-0.4, -0.2) is 39.3 Å². The van der Waals surface area contributed by atoms with Crippen LogP contribution in [-0.2, 0) is 21.7 Å². The van der Waals surface area contributed by atoms with E-state index in [0.717, 1.165) is 39.3 Å². The molecule has 0 aliphatic carbocycles. The van der Waals surface area contributed by atoms with Crippen molar-refractivity contribution in [2.24, 2.45) is 0 Å². The zero-order valence-electron chi connectivity index (χ0n) is 12.5. The summed E-state index contributed by atoms with van der Waals surface area (Å²) in [6.07, 6.45) is 0. The van der Waals surface area contributed by atoms with E-state index >= 15 is 0 Å². The molecular formula is C12H31ClN3Ti. The second-order valence-corrected chi connectivity index (χ2v) is 2.57. The summed E-state index contributed by atoms with van der Waals surface area (Å²) in [5, 5.41) is 11.9. The molecule has 17 heavy (non-hydrogen) atoms. The molecule has 105 valence electrons. The molecule has 0 aliphatic rings. The molecule has 0 aromatic carbocycles. The van der Waals surface area contributed by atoms with Crippen molar-refractivity contribution in [3.63, 3.8) is 0 Å². The molecule has 0 unspecified atom stereocenters. The average molecular weight is 301 g/mol. The maximum atomic E-state index is 3.97. The van der Waals surface area contributed by atoms with Crippen molar-refractivity contribution >= 4 is 12.4 Å². The maximum Gasteiger partial charge on any atom is 3.00 e. The molecule has 0 rings (SSSR count). The minimum atomic E-state index is 0. The third-order valence-electron chi connectivity index (χ3n) is 1.34. The van der Waals surface area contributed by atoms with Crippen molar-refractivity contribution in [3.05, 3.63) is 16.0 Å². The molecule has 0 aromatic rings. The van der Waals surface area contributed by atoms with Gasteiger partial charge in [-0.1, -0.05) is 41.5 Å². The van der Waals surface area contributed by atoms with Gasteiger partial charge in [-0.05, 0) is 0 Å². The molecule has 0 saturated carbocycles. The first-order valence-electron chi connectivity index (χ1n) is 6.14. The molecule has 0 atom stereocenters. The fourth-order valence-electron chi connectivity index (χ4n) is 0.671. The van der Waals surface area contributed by atoms with Crippen molar-refractivity contribution in [1.82, 2.24) is 0 Å². The van der Waals surface area contributed by atoms with Gasteiger partial charge in [0.15, 0.2) is 0 Å². The van der Waals surface area contributed by atoms with Crippen molar-refractivity contribution in [3.8, 4) is 0 Å². The quantitative estimate of drug-likeness (QED) is 0.642. The van der Waals surface area contributed by atoms with Gasteiger partial charge < -0.3 is 16.0 Å². The summed E-state index contributed by atoms with van der Waals surface area (Å²) in [6.45, 7) is 18.1. The maximum absolute atomic E-state index is 3.97. The van der Waals surface area contributed by atoms with E-state index in [1.165, 1.54) is 0 Å². The topological polar surface area (TPSA) is 42.3 Å². The van der Waals surface area contributed by atoms with Crippen LogP contribution < -0.4 is 0 Å². The minimum Gasteiger partial charge on any atom is -0.663 e. The van der Waals surface area contributed by atoms with E-state index in [2.05, 4.69) is 16.0 Å². The molecule has 0 aliphatic heterocycles. The summed E-state index contributed by atoms with van der Waals surface area (Å²) in [5.74, 6) is 0. The van der Waals surface area contributed by atoms with Crippen LogP contribution in [0.1, 0.15) is 41.5 Å². The molecule has 0 saturated heterocycles. The van der Waals surface area contributed by atoms with Crippen LogP contribution in [0.4, 0.5) is 0 Å². The second kappa shape index (κ2) is 43.6. The van der Waals surface area contributed by atoms with Crippen LogP contribution in [0.15, 0.2) is 0 Å². The Hall–Kier alpha value is 0.884. The molecule has 0 amide bonds. The van der Waals surface area contributed by atoms with Crippen molar-refractivity contribution in [2.45, 2.75) is 41.5 Å². The summed E-state index contributed by atoms with van der Waals surface area (Å²) in [4.78, 5) is 0. The van der Waals surface area contributed by atoms with Gasteiger partial charge in [-0.3, -0.25) is 0 Å². The van der Waals surface area contributed by atoms with Gasteiger partial charge in [-0.2, -0.15) is 39.3 Å². The number of rotatable bonds is 6. The first-order chi connectivity index (χ1) is 7.24. The first kappa shape index (κ1) is 30.7. The minimum absolute atomic E-state index is 0. The Balaban J connectivity index is -0.0000000400. The molecule has 0 heterocycles. The Morgan fingerprint density at radius 1 is 0.471 bits per heavy atom. The average Bonchev–Trinajstić information content (AvgIpc) is 2.23. The Morgan fingerprint density at radius 3 is 0.588 bits per heavy atom. The summed E-state index contributed by atoms with van der Waals surface area (Å²) in [5.41, 5.74) is 0. The third-order valence-corrected chi connectivity index (χ3v) is 1.34. The summed E-state index contributed by atoms with van der Waals surface area (Å²) < 4.78 is 0. The zero-order chi connectivity index (χ0) is 12.4. The van der Waals surface area contributed by atoms with Crippen molar-refractivity contribution in [1.29, 1.82) is 0 Å². The van der Waals surface area contributed by atoms with E-state index in [4.69, 9.17) is 0 Å². The predicted molar refractivity (Wildman–Crippen MR) is 80.6 cm³/mol. The number of hydrogen-bond donors (Lipinski definition) is 0. The van der Waals surface area contributed by atoms with Crippen LogP contribution in [0, 0.1) is 0 Å². The van der Waals surface area contributed by atoms with E-state index in [1.54, 1.807) is 0 Å². The molecule has 0 aromatic heterocycles. The molecule has 0 N–H and O–H groups in total. The molecule has 5 heteroatoms. The van der Waals surface area contributed by atoms with E-state index in [-0.39, 0.29) is 34.1 Å². The Labute approximate surface area is 131 Å². The fourth-order valence-corrected chi connectivity index (χ4v) is 0.671. The van der Waals surface area contributed by atoms with Crippen LogP contribution in [0.25, 0.3) is 16.0 Å². The Morgan fingerprint density at radius 2 is 0.588 bits per heavy atom. The monoisotopic (exact) mass is 300 g/mol. The van der Waals surface area contributed by atoms with Gasteiger partial charge in [0.25, 0.3) is 0 Å². The largest absolute Gasteiger partial charge is 3.00 e. The summed E-state index contributed by atoms with van der Waals surface area (Å²) in [7, 11) is 0. The Kier molecular flexibility index (Phi) is 78.8. The SMILES string of the molecule is CC[N-]CC.CC[N-]CC.CC[N-]CC.Cl.[Ti+3]. The molecule has 0 fully saturated rings. The molecular weight excluding hydrogens is 269 g/mol. The van der Waals surface area contributed by atoms with Gasteiger partial charge in [-0.15, -0.1) is 12.4 Å². The smallest absolute Gasteiger partial charge is 0.663 e. The molecule has 0 spiro atoms. The fraction of sp³-hybridized carbons (Fsp3) is 1.00. The number of nitrogens with zero attached hydrogens (tertiary/aromatic N) is 3. The number of halogens is 1. The molecule has 0 bridgehead atoms. The van der Waals surface area contributed by atoms with Gasteiger partial charge in [0, 0.05) is 0 Å². The van der Waals surface area contributed by atoms with Crippen LogP contribution in [0.5, 0.6) is 0 Å². The molecule has 1 radical (unpaired) electrons. The van der Waals surface area contributed by atoms with Gasteiger partial charge in [-0.25, -0.2) is 0 Å². The summed E-state index contributed by atoms with van der Waals surface area (Å²) in [6, 6.07) is 0. The van der Waals surface area contributed by atoms with E-state index in [0.29, 0.717) is 0 Å². The second-order valence-electron chi connectivity index (χ2n) is 2.57. The summed E-state index contributed by atoms with van der Waals surface area (Å²) >= 11 is 0. The first-order valence-corrected chi connectivity index (χ1v) is 6.14.